The number of amides is 1. The van der Waals surface area contributed by atoms with Crippen LogP contribution in [0.5, 0.6) is 0 Å². The van der Waals surface area contributed by atoms with Crippen LogP contribution in [-0.2, 0) is 19.8 Å². The van der Waals surface area contributed by atoms with Crippen molar-refractivity contribution in [1.29, 1.82) is 5.26 Å². The number of fused-ring (bicyclic) bond motifs is 1. The maximum Gasteiger partial charge on any atom is 0.416 e. The Hall–Kier alpha value is -4.72. The number of alkyl halides is 3. The molecule has 0 fully saturated rings. The Kier molecular flexibility index (Phi) is 5.87. The van der Waals surface area contributed by atoms with Crippen molar-refractivity contribution in [2.75, 3.05) is 16.8 Å². The van der Waals surface area contributed by atoms with Crippen LogP contribution in [0.15, 0.2) is 54.9 Å². The topological polar surface area (TPSA) is 99.7 Å². The third kappa shape index (κ3) is 4.27. The first-order valence-corrected chi connectivity index (χ1v) is 11.4. The Bertz CT molecular complexity index is 1570. The number of nitrogens with zero attached hydrogens (tertiary/aromatic N) is 6. The number of halogens is 3. The third-order valence-electron chi connectivity index (χ3n) is 6.13. The molecule has 8 nitrogen and oxygen atoms in total. The molecule has 3 heterocycles. The van der Waals surface area contributed by atoms with E-state index in [-0.39, 0.29) is 23.5 Å². The molecule has 0 bridgehead atoms. The Morgan fingerprint density at radius 1 is 1.11 bits per heavy atom. The van der Waals surface area contributed by atoms with Gasteiger partial charge in [-0.3, -0.25) is 9.69 Å². The second kappa shape index (κ2) is 9.05. The number of hydrogen-bond acceptors (Lipinski definition) is 6. The van der Waals surface area contributed by atoms with Crippen molar-refractivity contribution >= 4 is 17.5 Å². The Labute approximate surface area is 210 Å². The van der Waals surface area contributed by atoms with Crippen LogP contribution in [-0.4, -0.2) is 32.2 Å². The fourth-order valence-corrected chi connectivity index (χ4v) is 4.44. The summed E-state index contributed by atoms with van der Waals surface area (Å²) >= 11 is 0. The molecule has 0 saturated carbocycles. The standard InChI is InChI=1S/C26H20F3N7O/c1-3-31-22-10-16(17-8-7-15(12-30)9-19(17)24-34-32-14-35(24)2)11-23(33-22)36-13-20-18(25(36)37)5-4-6-21(20)26(27,28)29/h4-11,14H,3,13H2,1-2H3,(H,31,33). The van der Waals surface area contributed by atoms with E-state index < -0.39 is 17.6 Å². The van der Waals surface area contributed by atoms with E-state index in [2.05, 4.69) is 26.6 Å². The molecular formula is C26H20F3N7O. The Morgan fingerprint density at radius 3 is 2.59 bits per heavy atom. The molecular weight excluding hydrogens is 483 g/mol. The van der Waals surface area contributed by atoms with Gasteiger partial charge < -0.3 is 9.88 Å². The third-order valence-corrected chi connectivity index (χ3v) is 6.13. The number of pyridine rings is 1. The van der Waals surface area contributed by atoms with Crippen molar-refractivity contribution in [3.8, 4) is 28.6 Å². The van der Waals surface area contributed by atoms with Crippen LogP contribution in [0, 0.1) is 11.3 Å². The van der Waals surface area contributed by atoms with E-state index in [1.807, 2.05) is 6.92 Å². The van der Waals surface area contributed by atoms with Crippen molar-refractivity contribution < 1.29 is 18.0 Å². The van der Waals surface area contributed by atoms with Crippen LogP contribution in [0.1, 0.15) is 34.0 Å². The highest BCUT2D eigenvalue weighted by Crippen LogP contribution is 2.40. The van der Waals surface area contributed by atoms with Gasteiger partial charge in [-0.05, 0) is 60.0 Å². The predicted molar refractivity (Wildman–Crippen MR) is 131 cm³/mol. The molecule has 0 radical (unpaired) electrons. The fraction of sp³-hybridized carbons (Fsp3) is 0.192. The Balaban J connectivity index is 1.65. The minimum absolute atomic E-state index is 0.00479. The molecule has 1 amide bonds. The zero-order valence-electron chi connectivity index (χ0n) is 19.8. The van der Waals surface area contributed by atoms with Gasteiger partial charge in [-0.1, -0.05) is 12.1 Å². The van der Waals surface area contributed by atoms with Gasteiger partial charge in [0.15, 0.2) is 5.82 Å². The van der Waals surface area contributed by atoms with E-state index >= 15 is 0 Å². The first kappa shape index (κ1) is 24.0. The van der Waals surface area contributed by atoms with Crippen LogP contribution in [0.3, 0.4) is 0 Å². The molecule has 0 unspecified atom stereocenters. The SMILES string of the molecule is CCNc1cc(-c2ccc(C#N)cc2-c2nncn2C)cc(N2Cc3c(cccc3C(F)(F)F)C2=O)n1. The lowest BCUT2D eigenvalue weighted by molar-refractivity contribution is -0.138. The van der Waals surface area contributed by atoms with Crippen LogP contribution < -0.4 is 10.2 Å². The molecule has 0 saturated heterocycles. The van der Waals surface area contributed by atoms with E-state index in [0.29, 0.717) is 40.4 Å². The number of nitriles is 1. The number of carbonyl (C=O) groups is 1. The van der Waals surface area contributed by atoms with Crippen LogP contribution >= 0.6 is 0 Å². The van der Waals surface area contributed by atoms with Gasteiger partial charge in [0, 0.05) is 24.7 Å². The van der Waals surface area contributed by atoms with Gasteiger partial charge in [0.2, 0.25) is 0 Å². The zero-order chi connectivity index (χ0) is 26.3. The van der Waals surface area contributed by atoms with E-state index in [0.717, 1.165) is 6.07 Å². The number of nitrogens with one attached hydrogen (secondary N) is 1. The lowest BCUT2D eigenvalue weighted by atomic mass is 9.97. The highest BCUT2D eigenvalue weighted by Gasteiger charge is 2.40. The van der Waals surface area contributed by atoms with Crippen molar-refractivity contribution in [2.45, 2.75) is 19.6 Å². The lowest BCUT2D eigenvalue weighted by Crippen LogP contribution is -2.24. The fourth-order valence-electron chi connectivity index (χ4n) is 4.44. The molecule has 4 aromatic rings. The summed E-state index contributed by atoms with van der Waals surface area (Å²) < 4.78 is 42.6. The van der Waals surface area contributed by atoms with Gasteiger partial charge in [0.05, 0.1) is 23.7 Å². The molecule has 0 aliphatic carbocycles. The van der Waals surface area contributed by atoms with Gasteiger partial charge in [0.1, 0.15) is 18.0 Å². The van der Waals surface area contributed by atoms with Crippen molar-refractivity contribution in [3.63, 3.8) is 0 Å². The summed E-state index contributed by atoms with van der Waals surface area (Å²) in [6.45, 7) is 2.16. The normalized spacial score (nSPS) is 13.0. The number of carbonyl (C=O) groups excluding carboxylic acids is 1. The largest absolute Gasteiger partial charge is 0.416 e. The van der Waals surface area contributed by atoms with E-state index in [1.54, 1.807) is 48.3 Å². The molecule has 11 heteroatoms. The van der Waals surface area contributed by atoms with Gasteiger partial charge in [-0.25, -0.2) is 4.98 Å². The number of anilines is 2. The summed E-state index contributed by atoms with van der Waals surface area (Å²) in [5.74, 6) is 0.621. The first-order chi connectivity index (χ1) is 17.7. The van der Waals surface area contributed by atoms with Crippen molar-refractivity contribution in [3.05, 3.63) is 77.1 Å². The van der Waals surface area contributed by atoms with Crippen LogP contribution in [0.2, 0.25) is 0 Å². The average molecular weight is 503 g/mol. The molecule has 1 N–H and O–H groups in total. The summed E-state index contributed by atoms with van der Waals surface area (Å²) in [7, 11) is 1.78. The highest BCUT2D eigenvalue weighted by atomic mass is 19.4. The molecule has 1 aliphatic rings. The molecule has 5 rings (SSSR count). The first-order valence-electron chi connectivity index (χ1n) is 11.4. The number of rotatable bonds is 5. The van der Waals surface area contributed by atoms with E-state index in [9.17, 15) is 23.2 Å². The maximum absolute atomic E-state index is 13.6. The van der Waals surface area contributed by atoms with Gasteiger partial charge >= 0.3 is 6.18 Å². The summed E-state index contributed by atoms with van der Waals surface area (Å²) in [4.78, 5) is 19.0. The second-order valence-electron chi connectivity index (χ2n) is 8.49. The van der Waals surface area contributed by atoms with E-state index in [1.165, 1.54) is 17.0 Å². The molecule has 2 aromatic carbocycles. The molecule has 186 valence electrons. The molecule has 37 heavy (non-hydrogen) atoms. The smallest absolute Gasteiger partial charge is 0.370 e. The minimum Gasteiger partial charge on any atom is -0.370 e. The summed E-state index contributed by atoms with van der Waals surface area (Å²) in [5.41, 5.74) is 1.49. The maximum atomic E-state index is 13.6. The molecule has 0 spiro atoms. The Morgan fingerprint density at radius 2 is 1.92 bits per heavy atom. The molecule has 2 aromatic heterocycles. The predicted octanol–water partition coefficient (Wildman–Crippen LogP) is 5.03. The monoisotopic (exact) mass is 503 g/mol. The van der Waals surface area contributed by atoms with Gasteiger partial charge in [-0.2, -0.15) is 18.4 Å². The quantitative estimate of drug-likeness (QED) is 0.410. The molecule has 1 aliphatic heterocycles. The second-order valence-corrected chi connectivity index (χ2v) is 8.49. The summed E-state index contributed by atoms with van der Waals surface area (Å²) in [5, 5.41) is 20.7. The van der Waals surface area contributed by atoms with Crippen LogP contribution in [0.4, 0.5) is 24.8 Å². The number of benzene rings is 2. The van der Waals surface area contributed by atoms with Gasteiger partial charge in [-0.15, -0.1) is 10.2 Å². The van der Waals surface area contributed by atoms with E-state index in [4.69, 9.17) is 0 Å². The van der Waals surface area contributed by atoms with Crippen LogP contribution in [0.25, 0.3) is 22.5 Å². The lowest BCUT2D eigenvalue weighted by Gasteiger charge is -2.19. The van der Waals surface area contributed by atoms with Crippen molar-refractivity contribution in [2.24, 2.45) is 7.05 Å². The summed E-state index contributed by atoms with van der Waals surface area (Å²) in [6, 6.07) is 14.3. The number of aryl methyl sites for hydroxylation is 1. The van der Waals surface area contributed by atoms with Crippen molar-refractivity contribution in [1.82, 2.24) is 19.7 Å². The average Bonchev–Trinajstić information content (AvgIpc) is 3.46. The number of aromatic nitrogens is 4. The van der Waals surface area contributed by atoms with Gasteiger partial charge in [0.25, 0.3) is 5.91 Å². The summed E-state index contributed by atoms with van der Waals surface area (Å²) in [6.07, 6.45) is -3.04. The highest BCUT2D eigenvalue weighted by molar-refractivity contribution is 6.10. The number of hydrogen-bond donors (Lipinski definition) is 1. The molecule has 0 atom stereocenters. The zero-order valence-corrected chi connectivity index (χ0v) is 19.8. The minimum atomic E-state index is -4.58.